The van der Waals surface area contributed by atoms with Gasteiger partial charge in [-0.05, 0) is 43.5 Å². The number of anilines is 2. The maximum Gasteiger partial charge on any atom is 0.228 e. The van der Waals surface area contributed by atoms with Crippen LogP contribution in [0.15, 0.2) is 54.6 Å². The molecule has 4 rings (SSSR count). The molecule has 3 aromatic rings. The molecule has 0 saturated carbocycles. The summed E-state index contributed by atoms with van der Waals surface area (Å²) in [5, 5.41) is 7.30. The molecule has 0 saturated heterocycles. The second-order valence-corrected chi connectivity index (χ2v) is 7.76. The second kappa shape index (κ2) is 8.53. The summed E-state index contributed by atoms with van der Waals surface area (Å²) in [5.74, 6) is 0.629. The molecule has 1 aliphatic rings. The number of hydrogen-bond donors (Lipinski definition) is 1. The lowest BCUT2D eigenvalue weighted by Crippen LogP contribution is -2.37. The van der Waals surface area contributed by atoms with Crippen molar-refractivity contribution < 1.29 is 9.59 Å². The topological polar surface area (TPSA) is 67.2 Å². The summed E-state index contributed by atoms with van der Waals surface area (Å²) < 4.78 is 1.87. The van der Waals surface area contributed by atoms with E-state index in [2.05, 4.69) is 41.6 Å². The molecule has 0 atom stereocenters. The predicted octanol–water partition coefficient (Wildman–Crippen LogP) is 4.32. The predicted molar refractivity (Wildman–Crippen MR) is 118 cm³/mol. The minimum absolute atomic E-state index is 0.0410. The first-order valence-electron chi connectivity index (χ1n) is 10.3. The Hall–Kier alpha value is -3.41. The number of amides is 2. The number of aromatic nitrogens is 2. The fourth-order valence-electron chi connectivity index (χ4n) is 3.73. The Kier molecular flexibility index (Phi) is 5.65. The molecule has 0 radical (unpaired) electrons. The monoisotopic (exact) mass is 402 g/mol. The van der Waals surface area contributed by atoms with E-state index in [1.54, 1.807) is 4.90 Å². The molecule has 6 heteroatoms. The summed E-state index contributed by atoms with van der Waals surface area (Å²) in [6, 6.07) is 18.0. The lowest BCUT2D eigenvalue weighted by molar-refractivity contribution is -0.122. The van der Waals surface area contributed by atoms with Gasteiger partial charge in [0.15, 0.2) is 0 Å². The Labute approximate surface area is 176 Å². The molecule has 0 spiro atoms. The van der Waals surface area contributed by atoms with Crippen molar-refractivity contribution in [3.63, 3.8) is 0 Å². The van der Waals surface area contributed by atoms with E-state index in [-0.39, 0.29) is 24.7 Å². The van der Waals surface area contributed by atoms with E-state index in [0.29, 0.717) is 6.54 Å². The summed E-state index contributed by atoms with van der Waals surface area (Å²) >= 11 is 0. The third kappa shape index (κ3) is 4.43. The quantitative estimate of drug-likeness (QED) is 0.691. The van der Waals surface area contributed by atoms with Gasteiger partial charge in [0.1, 0.15) is 5.82 Å². The van der Waals surface area contributed by atoms with Gasteiger partial charge in [-0.1, -0.05) is 42.0 Å². The molecule has 1 N–H and O–H groups in total. The molecule has 2 amide bonds. The van der Waals surface area contributed by atoms with Crippen LogP contribution >= 0.6 is 0 Å². The third-order valence-corrected chi connectivity index (χ3v) is 5.33. The van der Waals surface area contributed by atoms with Gasteiger partial charge in [0, 0.05) is 37.7 Å². The first-order valence-corrected chi connectivity index (χ1v) is 10.3. The molecule has 2 heterocycles. The van der Waals surface area contributed by atoms with Gasteiger partial charge in [-0.15, -0.1) is 0 Å². The molecule has 0 fully saturated rings. The number of hydrogen-bond acceptors (Lipinski definition) is 3. The van der Waals surface area contributed by atoms with Crippen LogP contribution in [0.5, 0.6) is 0 Å². The molecular formula is C24H26N4O2. The van der Waals surface area contributed by atoms with Crippen LogP contribution in [0.4, 0.5) is 11.5 Å². The number of fused-ring (bicyclic) bond motifs is 1. The number of nitrogens with zero attached hydrogens (tertiary/aromatic N) is 3. The molecule has 0 unspecified atom stereocenters. The van der Waals surface area contributed by atoms with Crippen molar-refractivity contribution in [1.29, 1.82) is 0 Å². The summed E-state index contributed by atoms with van der Waals surface area (Å²) in [6.45, 7) is 5.48. The van der Waals surface area contributed by atoms with E-state index >= 15 is 0 Å². The van der Waals surface area contributed by atoms with E-state index in [9.17, 15) is 9.59 Å². The van der Waals surface area contributed by atoms with Gasteiger partial charge >= 0.3 is 0 Å². The van der Waals surface area contributed by atoms with Gasteiger partial charge in [0.05, 0.1) is 5.69 Å². The zero-order valence-electron chi connectivity index (χ0n) is 17.4. The SMILES string of the molecule is Cc1ccc(-c2ccc(NC(=O)CCC(=O)N3CCCn4nc(C)cc43)cc2)cc1. The third-order valence-electron chi connectivity index (χ3n) is 5.33. The average molecular weight is 402 g/mol. The average Bonchev–Trinajstić information content (AvgIpc) is 3.13. The fraction of sp³-hybridized carbons (Fsp3) is 0.292. The van der Waals surface area contributed by atoms with Gasteiger partial charge in [-0.3, -0.25) is 14.5 Å². The highest BCUT2D eigenvalue weighted by molar-refractivity contribution is 5.98. The Morgan fingerprint density at radius 2 is 1.60 bits per heavy atom. The molecule has 154 valence electrons. The highest BCUT2D eigenvalue weighted by Crippen LogP contribution is 2.24. The van der Waals surface area contributed by atoms with Crippen LogP contribution in [0, 0.1) is 13.8 Å². The smallest absolute Gasteiger partial charge is 0.228 e. The molecule has 6 nitrogen and oxygen atoms in total. The molecule has 1 aliphatic heterocycles. The maximum absolute atomic E-state index is 12.7. The van der Waals surface area contributed by atoms with Crippen molar-refractivity contribution in [2.75, 3.05) is 16.8 Å². The standard InChI is InChI=1S/C24H26N4O2/c1-17-4-6-19(7-5-17)20-8-10-21(11-9-20)25-22(29)12-13-24(30)27-14-3-15-28-23(27)16-18(2)26-28/h4-11,16H,3,12-15H2,1-2H3,(H,25,29). The van der Waals surface area contributed by atoms with Crippen molar-refractivity contribution in [2.45, 2.75) is 39.7 Å². The molecule has 2 aromatic carbocycles. The molecule has 0 aliphatic carbocycles. The van der Waals surface area contributed by atoms with E-state index in [1.807, 2.05) is 41.9 Å². The number of carbonyl (C=O) groups excluding carboxylic acids is 2. The summed E-state index contributed by atoms with van der Waals surface area (Å²) in [7, 11) is 0. The fourth-order valence-corrected chi connectivity index (χ4v) is 3.73. The van der Waals surface area contributed by atoms with Crippen LogP contribution in [0.2, 0.25) is 0 Å². The Morgan fingerprint density at radius 1 is 0.933 bits per heavy atom. The number of rotatable bonds is 5. The first kappa shape index (κ1) is 19.9. The van der Waals surface area contributed by atoms with Crippen molar-refractivity contribution in [3.05, 3.63) is 65.9 Å². The van der Waals surface area contributed by atoms with Gasteiger partial charge < -0.3 is 5.32 Å². The van der Waals surface area contributed by atoms with Gasteiger partial charge in [0.25, 0.3) is 0 Å². The van der Waals surface area contributed by atoms with Crippen molar-refractivity contribution in [2.24, 2.45) is 0 Å². The normalized spacial score (nSPS) is 13.1. The lowest BCUT2D eigenvalue weighted by atomic mass is 10.0. The highest BCUT2D eigenvalue weighted by Gasteiger charge is 2.24. The summed E-state index contributed by atoms with van der Waals surface area (Å²) in [5.41, 5.74) is 5.09. The summed E-state index contributed by atoms with van der Waals surface area (Å²) in [6.07, 6.45) is 1.21. The zero-order valence-corrected chi connectivity index (χ0v) is 17.4. The molecular weight excluding hydrogens is 376 g/mol. The largest absolute Gasteiger partial charge is 0.326 e. The zero-order chi connectivity index (χ0) is 21.1. The van der Waals surface area contributed by atoms with Crippen molar-refractivity contribution in [3.8, 4) is 11.1 Å². The van der Waals surface area contributed by atoms with Crippen LogP contribution in [0.3, 0.4) is 0 Å². The van der Waals surface area contributed by atoms with E-state index in [4.69, 9.17) is 0 Å². The van der Waals surface area contributed by atoms with Crippen LogP contribution in [-0.4, -0.2) is 28.1 Å². The maximum atomic E-state index is 12.7. The van der Waals surface area contributed by atoms with Crippen LogP contribution in [0.25, 0.3) is 11.1 Å². The summed E-state index contributed by atoms with van der Waals surface area (Å²) in [4.78, 5) is 26.7. The number of benzene rings is 2. The number of aryl methyl sites for hydroxylation is 3. The van der Waals surface area contributed by atoms with E-state index in [1.165, 1.54) is 5.56 Å². The second-order valence-electron chi connectivity index (χ2n) is 7.76. The van der Waals surface area contributed by atoms with Crippen molar-refractivity contribution >= 4 is 23.3 Å². The number of nitrogens with one attached hydrogen (secondary N) is 1. The van der Waals surface area contributed by atoms with Gasteiger partial charge in [0.2, 0.25) is 11.8 Å². The molecule has 0 bridgehead atoms. The molecule has 30 heavy (non-hydrogen) atoms. The van der Waals surface area contributed by atoms with Crippen molar-refractivity contribution in [1.82, 2.24) is 9.78 Å². The number of carbonyl (C=O) groups is 2. The van der Waals surface area contributed by atoms with E-state index < -0.39 is 0 Å². The minimum atomic E-state index is -0.159. The van der Waals surface area contributed by atoms with Crippen LogP contribution in [-0.2, 0) is 16.1 Å². The highest BCUT2D eigenvalue weighted by atomic mass is 16.2. The van der Waals surface area contributed by atoms with Crippen LogP contribution in [0.1, 0.15) is 30.5 Å². The van der Waals surface area contributed by atoms with E-state index in [0.717, 1.165) is 41.3 Å². The van der Waals surface area contributed by atoms with Crippen LogP contribution < -0.4 is 10.2 Å². The minimum Gasteiger partial charge on any atom is -0.326 e. The first-order chi connectivity index (χ1) is 14.5. The van der Waals surface area contributed by atoms with Gasteiger partial charge in [-0.25, -0.2) is 4.68 Å². The Bertz CT molecular complexity index is 1050. The Morgan fingerprint density at radius 3 is 2.30 bits per heavy atom. The van der Waals surface area contributed by atoms with Gasteiger partial charge in [-0.2, -0.15) is 5.10 Å². The Balaban J connectivity index is 1.32. The lowest BCUT2D eigenvalue weighted by Gasteiger charge is -2.27. The molecule has 1 aromatic heterocycles.